The van der Waals surface area contributed by atoms with Gasteiger partial charge < -0.3 is 33.9 Å². The maximum atomic E-state index is 15.4. The predicted molar refractivity (Wildman–Crippen MR) is 198 cm³/mol. The summed E-state index contributed by atoms with van der Waals surface area (Å²) < 4.78 is 66.0. The van der Waals surface area contributed by atoms with Gasteiger partial charge in [-0.1, -0.05) is 18.2 Å². The average Bonchev–Trinajstić information content (AvgIpc) is 3.77. The lowest BCUT2D eigenvalue weighted by molar-refractivity contribution is -0.160. The van der Waals surface area contributed by atoms with Crippen LogP contribution >= 0.6 is 0 Å². The Morgan fingerprint density at radius 3 is 2.22 bits per heavy atom. The molecular weight excluding hydrogens is 703 g/mol. The second-order valence-electron chi connectivity index (χ2n) is 15.3. The number of carboxylic acids is 1. The second-order valence-corrected chi connectivity index (χ2v) is 15.3. The molecule has 4 aliphatic rings. The number of anilines is 1. The molecule has 54 heavy (non-hydrogen) atoms. The van der Waals surface area contributed by atoms with Crippen molar-refractivity contribution < 1.29 is 46.8 Å². The molecule has 298 valence electrons. The second kappa shape index (κ2) is 17.2. The van der Waals surface area contributed by atoms with Gasteiger partial charge in [0.15, 0.2) is 5.60 Å². The molecule has 0 bridgehead atoms. The lowest BCUT2D eigenvalue weighted by atomic mass is 9.83. The van der Waals surface area contributed by atoms with Crippen LogP contribution in [0.5, 0.6) is 5.75 Å². The van der Waals surface area contributed by atoms with E-state index in [4.69, 9.17) is 18.9 Å². The van der Waals surface area contributed by atoms with Crippen molar-refractivity contribution in [1.29, 1.82) is 0 Å². The fraction of sp³-hybridized carbons (Fsp3) is 0.659. The highest BCUT2D eigenvalue weighted by molar-refractivity contribution is 5.88. The van der Waals surface area contributed by atoms with Gasteiger partial charge in [0, 0.05) is 76.6 Å². The highest BCUT2D eigenvalue weighted by atomic mass is 19.4. The number of ether oxygens (including phenoxy) is 4. The average molecular weight is 760 g/mol. The zero-order chi connectivity index (χ0) is 38.6. The van der Waals surface area contributed by atoms with E-state index in [0.717, 1.165) is 48.6 Å². The van der Waals surface area contributed by atoms with Crippen LogP contribution in [0.2, 0.25) is 0 Å². The number of carbonyl (C=O) groups excluding carboxylic acids is 1. The molecular formula is C41H56F3N3O7. The van der Waals surface area contributed by atoms with Gasteiger partial charge in [-0.05, 0) is 94.2 Å². The summed E-state index contributed by atoms with van der Waals surface area (Å²) in [6.45, 7) is 7.25. The number of methoxy groups -OCH3 is 2. The number of likely N-dealkylation sites (tertiary alicyclic amines) is 2. The third-order valence-corrected chi connectivity index (χ3v) is 12.3. The number of carboxylic acid groups (broad SMARTS) is 1. The molecule has 0 radical (unpaired) electrons. The molecule has 10 nitrogen and oxygen atoms in total. The molecule has 4 atom stereocenters. The molecule has 2 aromatic carbocycles. The molecule has 2 aromatic rings. The van der Waals surface area contributed by atoms with Crippen molar-refractivity contribution in [1.82, 2.24) is 9.80 Å². The van der Waals surface area contributed by atoms with E-state index in [2.05, 4.69) is 4.90 Å². The Morgan fingerprint density at radius 1 is 0.926 bits per heavy atom. The first-order valence-corrected chi connectivity index (χ1v) is 19.5. The Labute approximate surface area is 316 Å². The highest BCUT2D eigenvalue weighted by Crippen LogP contribution is 2.47. The van der Waals surface area contributed by atoms with Crippen molar-refractivity contribution in [2.75, 3.05) is 71.7 Å². The van der Waals surface area contributed by atoms with Gasteiger partial charge in [-0.3, -0.25) is 14.5 Å². The maximum Gasteiger partial charge on any atom is 0.416 e. The van der Waals surface area contributed by atoms with Crippen molar-refractivity contribution in [2.45, 2.75) is 101 Å². The van der Waals surface area contributed by atoms with Crippen LogP contribution < -0.4 is 9.64 Å². The zero-order valence-electron chi connectivity index (χ0n) is 32.0. The number of carbonyl (C=O) groups is 2. The first kappa shape index (κ1) is 40.3. The van der Waals surface area contributed by atoms with Crippen LogP contribution in [0.15, 0.2) is 42.5 Å². The molecule has 3 saturated heterocycles. The molecule has 0 spiro atoms. The van der Waals surface area contributed by atoms with E-state index in [1.807, 2.05) is 47.9 Å². The zero-order valence-corrected chi connectivity index (χ0v) is 32.0. The Hall–Kier alpha value is -3.39. The molecule has 1 N–H and O–H groups in total. The van der Waals surface area contributed by atoms with Gasteiger partial charge >= 0.3 is 12.1 Å². The van der Waals surface area contributed by atoms with Gasteiger partial charge in [-0.15, -0.1) is 0 Å². The van der Waals surface area contributed by atoms with Gasteiger partial charge in [0.05, 0.1) is 37.3 Å². The maximum absolute atomic E-state index is 15.4. The monoisotopic (exact) mass is 759 g/mol. The summed E-state index contributed by atoms with van der Waals surface area (Å²) in [7, 11) is 3.22. The lowest BCUT2D eigenvalue weighted by Crippen LogP contribution is -2.57. The van der Waals surface area contributed by atoms with E-state index < -0.39 is 29.2 Å². The first-order chi connectivity index (χ1) is 25.9. The Kier molecular flexibility index (Phi) is 12.8. The molecule has 3 heterocycles. The van der Waals surface area contributed by atoms with Crippen molar-refractivity contribution >= 4 is 17.6 Å². The Morgan fingerprint density at radius 2 is 1.63 bits per heavy atom. The summed E-state index contributed by atoms with van der Waals surface area (Å²) in [6.07, 6.45) is 0.767. The van der Waals surface area contributed by atoms with Gasteiger partial charge in [-0.2, -0.15) is 13.2 Å². The normalized spacial score (nSPS) is 28.5. The van der Waals surface area contributed by atoms with E-state index in [1.54, 1.807) is 20.3 Å². The molecule has 6 rings (SSSR count). The van der Waals surface area contributed by atoms with E-state index in [-0.39, 0.29) is 42.5 Å². The van der Waals surface area contributed by atoms with E-state index in [1.165, 1.54) is 6.07 Å². The quantitative estimate of drug-likeness (QED) is 0.243. The number of alkyl halides is 3. The summed E-state index contributed by atoms with van der Waals surface area (Å²) in [4.78, 5) is 33.3. The van der Waals surface area contributed by atoms with Gasteiger partial charge in [0.2, 0.25) is 0 Å². The van der Waals surface area contributed by atoms with Crippen LogP contribution in [0.25, 0.3) is 0 Å². The molecule has 4 fully saturated rings. The summed E-state index contributed by atoms with van der Waals surface area (Å²) in [5, 5.41) is 9.58. The molecule has 3 aliphatic heterocycles. The van der Waals surface area contributed by atoms with Crippen molar-refractivity contribution in [3.8, 4) is 5.75 Å². The van der Waals surface area contributed by atoms with Crippen LogP contribution in [0.4, 0.5) is 18.9 Å². The first-order valence-electron chi connectivity index (χ1n) is 19.5. The molecule has 1 aliphatic carbocycles. The summed E-state index contributed by atoms with van der Waals surface area (Å²) in [5.74, 6) is -1.37. The minimum absolute atomic E-state index is 0.129. The topological polar surface area (TPSA) is 101 Å². The number of halogens is 3. The number of amides is 1. The summed E-state index contributed by atoms with van der Waals surface area (Å²) >= 11 is 0. The SMILES string of the molecule is CCO[C@@]1(C(=O)N2C[C@H](c3ccc(C(F)(F)F)cc3N3CCC(C(=O)O)CC3)C[C@H]2COC)CN([C@H]2CC[C@H](OCC)CC2)C[C@H]1c1ccc(OC)cc1. The standard InChI is InChI=1S/C41H56F3N3O7/c1-5-53-34-14-10-31(11-15-34)46-24-36(27-7-12-33(52-4)13-8-27)40(26-46,54-6-2)39(50)47-23-29(21-32(47)25-51-3)35-16-9-30(41(42,43)44)22-37(35)45-19-17-28(18-20-45)38(48)49/h7-9,12-13,16,22,28-29,31-32,34,36H,5-6,10-11,14-15,17-21,23-26H2,1-4H3,(H,48,49)/t29-,31-,32+,34-,36+,40+/m1/s1. The van der Waals surface area contributed by atoms with Crippen LogP contribution in [0.3, 0.4) is 0 Å². The van der Waals surface area contributed by atoms with Crippen LogP contribution in [0.1, 0.15) is 87.3 Å². The van der Waals surface area contributed by atoms with Gasteiger partial charge in [-0.25, -0.2) is 0 Å². The summed E-state index contributed by atoms with van der Waals surface area (Å²) in [6, 6.07) is 11.7. The van der Waals surface area contributed by atoms with E-state index in [0.29, 0.717) is 70.9 Å². The van der Waals surface area contributed by atoms with Gasteiger partial charge in [0.1, 0.15) is 5.75 Å². The van der Waals surface area contributed by atoms with Crippen LogP contribution in [0, 0.1) is 5.92 Å². The fourth-order valence-electron chi connectivity index (χ4n) is 9.53. The number of rotatable bonds is 13. The predicted octanol–water partition coefficient (Wildman–Crippen LogP) is 6.57. The highest BCUT2D eigenvalue weighted by Gasteiger charge is 2.58. The van der Waals surface area contributed by atoms with E-state index in [9.17, 15) is 23.1 Å². The van der Waals surface area contributed by atoms with Crippen molar-refractivity contribution in [3.05, 3.63) is 59.2 Å². The minimum atomic E-state index is -4.54. The smallest absolute Gasteiger partial charge is 0.416 e. The third-order valence-electron chi connectivity index (χ3n) is 12.3. The van der Waals surface area contributed by atoms with Crippen LogP contribution in [-0.4, -0.2) is 117 Å². The Bertz CT molecular complexity index is 1580. The van der Waals surface area contributed by atoms with Crippen molar-refractivity contribution in [2.24, 2.45) is 5.92 Å². The van der Waals surface area contributed by atoms with Crippen molar-refractivity contribution in [3.63, 3.8) is 0 Å². The molecule has 1 saturated carbocycles. The number of piperidine rings is 1. The summed E-state index contributed by atoms with van der Waals surface area (Å²) in [5.41, 5.74) is 0.207. The number of aliphatic carboxylic acids is 1. The minimum Gasteiger partial charge on any atom is -0.497 e. The number of hydrogen-bond donors (Lipinski definition) is 1. The number of benzene rings is 2. The van der Waals surface area contributed by atoms with Gasteiger partial charge in [0.25, 0.3) is 5.91 Å². The lowest BCUT2D eigenvalue weighted by Gasteiger charge is -2.39. The third kappa shape index (κ3) is 8.39. The number of hydrogen-bond acceptors (Lipinski definition) is 8. The molecule has 13 heteroatoms. The van der Waals surface area contributed by atoms with E-state index >= 15 is 4.79 Å². The fourth-order valence-corrected chi connectivity index (χ4v) is 9.53. The molecule has 1 amide bonds. The van der Waals surface area contributed by atoms with Crippen LogP contribution in [-0.2, 0) is 30.0 Å². The largest absolute Gasteiger partial charge is 0.497 e. The number of nitrogens with zero attached hydrogens (tertiary/aromatic N) is 3. The molecule has 0 unspecified atom stereocenters. The molecule has 0 aromatic heterocycles. The Balaban J connectivity index is 1.34.